The molecule has 0 fully saturated rings. The van der Waals surface area contributed by atoms with Crippen LogP contribution < -0.4 is 15.9 Å². The fraction of sp³-hybridized carbons (Fsp3) is 0.308. The molecule has 2 aliphatic rings. The molecule has 0 bridgehead atoms. The van der Waals surface area contributed by atoms with E-state index in [1.165, 1.54) is 39.9 Å². The maximum absolute atomic E-state index is 3.84. The number of rotatable bonds is 3. The van der Waals surface area contributed by atoms with Gasteiger partial charge >= 0.3 is 0 Å². The largest absolute Gasteiger partial charge is 0.0622 e. The third-order valence-corrected chi connectivity index (χ3v) is 10.5. The highest BCUT2D eigenvalue weighted by Gasteiger charge is 2.31. The quantitative estimate of drug-likeness (QED) is 0.344. The van der Waals surface area contributed by atoms with Crippen LogP contribution in [-0.4, -0.2) is 0 Å². The first kappa shape index (κ1) is 20.0. The summed E-state index contributed by atoms with van der Waals surface area (Å²) in [6.45, 7) is 4.78. The fourth-order valence-corrected chi connectivity index (χ4v) is 8.94. The first-order chi connectivity index (χ1) is 14.0. The molecule has 0 N–H and O–H groups in total. The van der Waals surface area contributed by atoms with E-state index >= 15 is 0 Å². The highest BCUT2D eigenvalue weighted by Crippen LogP contribution is 2.44. The summed E-state index contributed by atoms with van der Waals surface area (Å²) in [5.74, 6) is 1.46. The molecule has 0 heterocycles. The van der Waals surface area contributed by atoms with Crippen molar-refractivity contribution in [3.8, 4) is 0 Å². The molecule has 5 rings (SSSR count). The van der Waals surface area contributed by atoms with Crippen LogP contribution in [0.5, 0.6) is 0 Å². The number of benzene rings is 3. The average molecular weight is 528 g/mol. The molecule has 0 amide bonds. The normalized spacial score (nSPS) is 21.1. The molecule has 0 spiro atoms. The molecular weight excluding hydrogens is 503 g/mol. The lowest BCUT2D eigenvalue weighted by Gasteiger charge is -2.25. The van der Waals surface area contributed by atoms with Crippen LogP contribution in [0.15, 0.2) is 63.5 Å². The summed E-state index contributed by atoms with van der Waals surface area (Å²) in [6, 6.07) is 20.6. The second kappa shape index (κ2) is 7.95. The van der Waals surface area contributed by atoms with E-state index in [1.54, 1.807) is 32.9 Å². The standard InChI is InChI=1S/C26H25Br2P/c1-16-12-19-21(14-16)25(10-8-23(19)27)29(18-6-4-3-5-7-18)26-11-9-24(28)20-13-17(2)15-22(20)26/h3-11,16-17H,12-15H2,1-2H3. The maximum Gasteiger partial charge on any atom is 0.0210 e. The van der Waals surface area contributed by atoms with Crippen molar-refractivity contribution >= 4 is 55.7 Å². The highest BCUT2D eigenvalue weighted by molar-refractivity contribution is 9.10. The van der Waals surface area contributed by atoms with Crippen LogP contribution in [0.2, 0.25) is 0 Å². The molecular formula is C26H25Br2P. The van der Waals surface area contributed by atoms with Crippen LogP contribution >= 0.6 is 39.8 Å². The molecule has 0 radical (unpaired) electrons. The second-order valence-electron chi connectivity index (χ2n) is 8.75. The molecule has 148 valence electrons. The van der Waals surface area contributed by atoms with E-state index in [0.29, 0.717) is 0 Å². The van der Waals surface area contributed by atoms with Crippen molar-refractivity contribution in [1.82, 2.24) is 0 Å². The van der Waals surface area contributed by atoms with E-state index < -0.39 is 7.92 Å². The molecule has 29 heavy (non-hydrogen) atoms. The number of hydrogen-bond donors (Lipinski definition) is 0. The fourth-order valence-electron chi connectivity index (χ4n) is 5.14. The van der Waals surface area contributed by atoms with Crippen molar-refractivity contribution in [2.45, 2.75) is 39.5 Å². The molecule has 2 aliphatic carbocycles. The third kappa shape index (κ3) is 3.56. The topological polar surface area (TPSA) is 0 Å². The van der Waals surface area contributed by atoms with Gasteiger partial charge in [0.25, 0.3) is 0 Å². The zero-order chi connectivity index (χ0) is 20.1. The van der Waals surface area contributed by atoms with Gasteiger partial charge in [-0.05, 0) is 95.7 Å². The minimum atomic E-state index is -0.556. The summed E-state index contributed by atoms with van der Waals surface area (Å²) in [5.41, 5.74) is 6.29. The van der Waals surface area contributed by atoms with Crippen molar-refractivity contribution in [3.63, 3.8) is 0 Å². The van der Waals surface area contributed by atoms with Crippen LogP contribution in [0.4, 0.5) is 0 Å². The van der Waals surface area contributed by atoms with Crippen LogP contribution in [0, 0.1) is 11.8 Å². The first-order valence-corrected chi connectivity index (χ1v) is 13.4. The van der Waals surface area contributed by atoms with Gasteiger partial charge in [0.2, 0.25) is 0 Å². The molecule has 0 aromatic heterocycles. The number of fused-ring (bicyclic) bond motifs is 2. The molecule has 0 saturated heterocycles. The van der Waals surface area contributed by atoms with Crippen LogP contribution in [0.1, 0.15) is 36.1 Å². The molecule has 3 aromatic carbocycles. The summed E-state index contributed by atoms with van der Waals surface area (Å²) in [5, 5.41) is 4.60. The lowest BCUT2D eigenvalue weighted by Crippen LogP contribution is -2.26. The van der Waals surface area contributed by atoms with E-state index in [2.05, 4.69) is 100 Å². The Hall–Kier alpha value is -0.950. The van der Waals surface area contributed by atoms with Gasteiger partial charge in [0.05, 0.1) is 0 Å². The second-order valence-corrected chi connectivity index (χ2v) is 12.6. The van der Waals surface area contributed by atoms with Gasteiger partial charge in [0, 0.05) is 8.95 Å². The van der Waals surface area contributed by atoms with E-state index in [1.807, 2.05) is 0 Å². The minimum Gasteiger partial charge on any atom is -0.0622 e. The minimum absolute atomic E-state index is 0.556. The molecule has 0 aliphatic heterocycles. The molecule has 2 atom stereocenters. The predicted octanol–water partition coefficient (Wildman–Crippen LogP) is 6.44. The van der Waals surface area contributed by atoms with Crippen LogP contribution in [0.25, 0.3) is 0 Å². The van der Waals surface area contributed by atoms with E-state index in [-0.39, 0.29) is 0 Å². The Kier molecular flexibility index (Phi) is 5.48. The van der Waals surface area contributed by atoms with Gasteiger partial charge in [-0.3, -0.25) is 0 Å². The summed E-state index contributed by atoms with van der Waals surface area (Å²) in [6.07, 6.45) is 4.78. The van der Waals surface area contributed by atoms with Crippen molar-refractivity contribution < 1.29 is 0 Å². The van der Waals surface area contributed by atoms with Crippen molar-refractivity contribution in [2.24, 2.45) is 11.8 Å². The van der Waals surface area contributed by atoms with Crippen LogP contribution in [0.3, 0.4) is 0 Å². The zero-order valence-electron chi connectivity index (χ0n) is 16.9. The average Bonchev–Trinajstić information content (AvgIpc) is 3.30. The summed E-state index contributed by atoms with van der Waals surface area (Å²) >= 11 is 7.68. The van der Waals surface area contributed by atoms with Crippen LogP contribution in [-0.2, 0) is 25.7 Å². The van der Waals surface area contributed by atoms with Gasteiger partial charge < -0.3 is 0 Å². The van der Waals surface area contributed by atoms with Gasteiger partial charge in [0.15, 0.2) is 0 Å². The Morgan fingerprint density at radius 2 is 1.07 bits per heavy atom. The Bertz CT molecular complexity index is 1010. The molecule has 0 saturated carbocycles. The lowest BCUT2D eigenvalue weighted by molar-refractivity contribution is 0.628. The highest BCUT2D eigenvalue weighted by atomic mass is 79.9. The Morgan fingerprint density at radius 3 is 1.55 bits per heavy atom. The molecule has 2 unspecified atom stereocenters. The summed E-state index contributed by atoms with van der Waals surface area (Å²) in [7, 11) is -0.556. The first-order valence-electron chi connectivity index (χ1n) is 10.5. The third-order valence-electron chi connectivity index (χ3n) is 6.41. The maximum atomic E-state index is 3.84. The van der Waals surface area contributed by atoms with E-state index in [0.717, 1.165) is 11.8 Å². The smallest absolute Gasteiger partial charge is 0.0210 e. The van der Waals surface area contributed by atoms with E-state index in [9.17, 15) is 0 Å². The Morgan fingerprint density at radius 1 is 0.621 bits per heavy atom. The van der Waals surface area contributed by atoms with Gasteiger partial charge in [-0.1, -0.05) is 88.2 Å². The van der Waals surface area contributed by atoms with Crippen molar-refractivity contribution in [3.05, 3.63) is 85.8 Å². The summed E-state index contributed by atoms with van der Waals surface area (Å²) in [4.78, 5) is 0. The monoisotopic (exact) mass is 526 g/mol. The van der Waals surface area contributed by atoms with Crippen molar-refractivity contribution in [1.29, 1.82) is 0 Å². The SMILES string of the molecule is CC1Cc2c(Br)ccc(P(c3ccccc3)c3ccc(Br)c4c3CC(C)C4)c2C1. The Labute approximate surface area is 192 Å². The van der Waals surface area contributed by atoms with Gasteiger partial charge in [-0.15, -0.1) is 0 Å². The Balaban J connectivity index is 1.75. The lowest BCUT2D eigenvalue weighted by atomic mass is 10.1. The number of halogens is 2. The van der Waals surface area contributed by atoms with Gasteiger partial charge in [-0.2, -0.15) is 0 Å². The zero-order valence-corrected chi connectivity index (χ0v) is 20.9. The number of hydrogen-bond acceptors (Lipinski definition) is 0. The molecule has 3 aromatic rings. The predicted molar refractivity (Wildman–Crippen MR) is 134 cm³/mol. The van der Waals surface area contributed by atoms with Gasteiger partial charge in [-0.25, -0.2) is 0 Å². The van der Waals surface area contributed by atoms with Gasteiger partial charge in [0.1, 0.15) is 0 Å². The van der Waals surface area contributed by atoms with Crippen molar-refractivity contribution in [2.75, 3.05) is 0 Å². The molecule has 0 nitrogen and oxygen atoms in total. The summed E-state index contributed by atoms with van der Waals surface area (Å²) < 4.78 is 2.58. The molecule has 3 heteroatoms. The van der Waals surface area contributed by atoms with E-state index in [4.69, 9.17) is 0 Å².